The number of hydrogen-bond donors (Lipinski definition) is 1. The van der Waals surface area contributed by atoms with E-state index in [1.54, 1.807) is 0 Å². The third-order valence-electron chi connectivity index (χ3n) is 2.66. The van der Waals surface area contributed by atoms with Crippen LogP contribution in [-0.4, -0.2) is 26.9 Å². The summed E-state index contributed by atoms with van der Waals surface area (Å²) in [6.07, 6.45) is 0. The average Bonchev–Trinajstić information content (AvgIpc) is 2.35. The SMILES string of the molecule is CC[Se]C[C@@H](NC(=O)c1ccccc1)C(C)C. The van der Waals surface area contributed by atoms with Crippen molar-refractivity contribution >= 4 is 20.9 Å². The van der Waals surface area contributed by atoms with Crippen LogP contribution in [0.1, 0.15) is 31.1 Å². The van der Waals surface area contributed by atoms with Gasteiger partial charge in [-0.2, -0.15) is 0 Å². The van der Waals surface area contributed by atoms with E-state index in [1.165, 1.54) is 5.32 Å². The van der Waals surface area contributed by atoms with Crippen LogP contribution in [0.4, 0.5) is 0 Å². The van der Waals surface area contributed by atoms with Crippen LogP contribution in [0.15, 0.2) is 30.3 Å². The molecule has 0 fully saturated rings. The molecule has 1 amide bonds. The molecule has 1 rings (SSSR count). The van der Waals surface area contributed by atoms with Crippen molar-refractivity contribution in [2.45, 2.75) is 37.5 Å². The van der Waals surface area contributed by atoms with E-state index in [-0.39, 0.29) is 5.91 Å². The Labute approximate surface area is 110 Å². The number of benzene rings is 1. The minimum atomic E-state index is 0.0520. The molecule has 0 aliphatic carbocycles. The predicted molar refractivity (Wildman–Crippen MR) is 73.6 cm³/mol. The molecule has 0 saturated heterocycles. The molecule has 1 aromatic rings. The molecule has 0 saturated carbocycles. The molecular formula is C14H21NOSe. The van der Waals surface area contributed by atoms with E-state index < -0.39 is 0 Å². The van der Waals surface area contributed by atoms with Crippen molar-refractivity contribution in [3.8, 4) is 0 Å². The minimum absolute atomic E-state index is 0.0520. The first-order chi connectivity index (χ1) is 8.15. The third-order valence-corrected chi connectivity index (χ3v) is 4.76. The van der Waals surface area contributed by atoms with Crippen LogP contribution in [0.25, 0.3) is 0 Å². The first-order valence-corrected chi connectivity index (χ1v) is 8.51. The topological polar surface area (TPSA) is 29.1 Å². The Morgan fingerprint density at radius 2 is 1.94 bits per heavy atom. The van der Waals surface area contributed by atoms with Gasteiger partial charge >= 0.3 is 110 Å². The first kappa shape index (κ1) is 14.3. The zero-order valence-corrected chi connectivity index (χ0v) is 12.5. The zero-order chi connectivity index (χ0) is 12.7. The molecule has 0 aliphatic heterocycles. The number of nitrogens with one attached hydrogen (secondary N) is 1. The summed E-state index contributed by atoms with van der Waals surface area (Å²) >= 11 is 0.638. The fourth-order valence-electron chi connectivity index (χ4n) is 1.49. The van der Waals surface area contributed by atoms with E-state index in [0.717, 1.165) is 10.9 Å². The Bertz CT molecular complexity index is 337. The molecular weight excluding hydrogens is 277 g/mol. The molecule has 94 valence electrons. The Balaban J connectivity index is 2.58. The normalized spacial score (nSPS) is 12.5. The van der Waals surface area contributed by atoms with Crippen LogP contribution < -0.4 is 5.32 Å². The molecule has 0 spiro atoms. The Hall–Kier alpha value is -0.791. The molecule has 0 aliphatic rings. The van der Waals surface area contributed by atoms with Gasteiger partial charge in [0.05, 0.1) is 0 Å². The van der Waals surface area contributed by atoms with E-state index in [2.05, 4.69) is 26.1 Å². The van der Waals surface area contributed by atoms with E-state index in [4.69, 9.17) is 0 Å². The van der Waals surface area contributed by atoms with E-state index >= 15 is 0 Å². The number of carbonyl (C=O) groups excluding carboxylic acids is 1. The number of amides is 1. The monoisotopic (exact) mass is 299 g/mol. The van der Waals surface area contributed by atoms with Gasteiger partial charge in [-0.1, -0.05) is 0 Å². The fourth-order valence-corrected chi connectivity index (χ4v) is 3.50. The second kappa shape index (κ2) is 7.52. The van der Waals surface area contributed by atoms with Crippen LogP contribution in [0.3, 0.4) is 0 Å². The van der Waals surface area contributed by atoms with Crippen molar-refractivity contribution in [3.63, 3.8) is 0 Å². The van der Waals surface area contributed by atoms with Gasteiger partial charge in [0.25, 0.3) is 0 Å². The molecule has 0 heterocycles. The van der Waals surface area contributed by atoms with Crippen molar-refractivity contribution in [3.05, 3.63) is 35.9 Å². The van der Waals surface area contributed by atoms with Gasteiger partial charge in [-0.15, -0.1) is 0 Å². The number of rotatable bonds is 6. The maximum atomic E-state index is 12.0. The fraction of sp³-hybridized carbons (Fsp3) is 0.500. The van der Waals surface area contributed by atoms with Crippen LogP contribution in [0, 0.1) is 5.92 Å². The average molecular weight is 298 g/mol. The van der Waals surface area contributed by atoms with Gasteiger partial charge in [0.1, 0.15) is 0 Å². The third kappa shape index (κ3) is 4.93. The van der Waals surface area contributed by atoms with Crippen molar-refractivity contribution in [2.24, 2.45) is 5.92 Å². The summed E-state index contributed by atoms with van der Waals surface area (Å²) in [5.41, 5.74) is 0.752. The van der Waals surface area contributed by atoms with Crippen molar-refractivity contribution in [1.82, 2.24) is 5.32 Å². The summed E-state index contributed by atoms with van der Waals surface area (Å²) in [5.74, 6) is 0.548. The molecule has 0 radical (unpaired) electrons. The summed E-state index contributed by atoms with van der Waals surface area (Å²) in [5, 5.41) is 5.50. The molecule has 1 aromatic carbocycles. The Morgan fingerprint density at radius 3 is 2.47 bits per heavy atom. The molecule has 17 heavy (non-hydrogen) atoms. The second-order valence-corrected chi connectivity index (χ2v) is 7.12. The molecule has 2 nitrogen and oxygen atoms in total. The summed E-state index contributed by atoms with van der Waals surface area (Å²) in [6, 6.07) is 9.75. The Kier molecular flexibility index (Phi) is 6.31. The van der Waals surface area contributed by atoms with Crippen LogP contribution in [-0.2, 0) is 0 Å². The quantitative estimate of drug-likeness (QED) is 0.804. The molecule has 0 bridgehead atoms. The van der Waals surface area contributed by atoms with Gasteiger partial charge in [0.2, 0.25) is 0 Å². The number of hydrogen-bond acceptors (Lipinski definition) is 1. The number of carbonyl (C=O) groups is 1. The molecule has 1 N–H and O–H groups in total. The van der Waals surface area contributed by atoms with Gasteiger partial charge in [-0.3, -0.25) is 0 Å². The van der Waals surface area contributed by atoms with E-state index in [1.807, 2.05) is 30.3 Å². The van der Waals surface area contributed by atoms with Gasteiger partial charge in [0, 0.05) is 0 Å². The van der Waals surface area contributed by atoms with Crippen LogP contribution in [0.2, 0.25) is 10.6 Å². The van der Waals surface area contributed by atoms with Gasteiger partial charge in [0.15, 0.2) is 0 Å². The molecule has 3 heteroatoms. The van der Waals surface area contributed by atoms with Gasteiger partial charge in [-0.25, -0.2) is 0 Å². The standard InChI is InChI=1S/C14H21NOSe/c1-4-17-10-13(11(2)3)15-14(16)12-8-6-5-7-9-12/h5-9,11,13H,4,10H2,1-3H3,(H,15,16)/t13-/m1/s1. The summed E-state index contributed by atoms with van der Waals surface area (Å²) < 4.78 is 0. The first-order valence-electron chi connectivity index (χ1n) is 6.08. The molecule has 1 atom stereocenters. The predicted octanol–water partition coefficient (Wildman–Crippen LogP) is 3.00. The Morgan fingerprint density at radius 1 is 1.29 bits per heavy atom. The maximum absolute atomic E-state index is 12.0. The van der Waals surface area contributed by atoms with E-state index in [0.29, 0.717) is 26.9 Å². The van der Waals surface area contributed by atoms with Crippen molar-refractivity contribution < 1.29 is 4.79 Å². The summed E-state index contributed by atoms with van der Waals surface area (Å²) in [7, 11) is 0. The van der Waals surface area contributed by atoms with Crippen LogP contribution in [0.5, 0.6) is 0 Å². The van der Waals surface area contributed by atoms with Crippen molar-refractivity contribution in [1.29, 1.82) is 0 Å². The van der Waals surface area contributed by atoms with Gasteiger partial charge < -0.3 is 0 Å². The van der Waals surface area contributed by atoms with E-state index in [9.17, 15) is 4.79 Å². The summed E-state index contributed by atoms with van der Waals surface area (Å²) in [4.78, 5) is 12.0. The molecule has 0 unspecified atom stereocenters. The van der Waals surface area contributed by atoms with Crippen molar-refractivity contribution in [2.75, 3.05) is 0 Å². The van der Waals surface area contributed by atoms with Gasteiger partial charge in [-0.05, 0) is 0 Å². The zero-order valence-electron chi connectivity index (χ0n) is 10.8. The van der Waals surface area contributed by atoms with Crippen LogP contribution >= 0.6 is 0 Å². The summed E-state index contributed by atoms with van der Waals surface area (Å²) in [6.45, 7) is 6.54. The second-order valence-electron chi connectivity index (χ2n) is 4.35. The molecule has 0 aromatic heterocycles.